The Bertz CT molecular complexity index is 907. The van der Waals surface area contributed by atoms with Gasteiger partial charge in [-0.3, -0.25) is 4.79 Å². The summed E-state index contributed by atoms with van der Waals surface area (Å²) in [5, 5.41) is 12.2. The van der Waals surface area contributed by atoms with E-state index in [9.17, 15) is 4.79 Å². The van der Waals surface area contributed by atoms with Crippen molar-refractivity contribution in [1.29, 1.82) is 0 Å². The fourth-order valence-electron chi connectivity index (χ4n) is 3.36. The number of benzene rings is 2. The first-order valence-electron chi connectivity index (χ1n) is 8.69. The quantitative estimate of drug-likeness (QED) is 0.727. The van der Waals surface area contributed by atoms with Gasteiger partial charge in [-0.05, 0) is 41.1 Å². The first-order chi connectivity index (χ1) is 12.7. The zero-order valence-electron chi connectivity index (χ0n) is 14.6. The molecule has 0 unspecified atom stereocenters. The molecule has 0 fully saturated rings. The van der Waals surface area contributed by atoms with Crippen molar-refractivity contribution in [2.24, 2.45) is 0 Å². The second-order valence-electron chi connectivity index (χ2n) is 6.28. The van der Waals surface area contributed by atoms with Gasteiger partial charge in [0.1, 0.15) is 0 Å². The normalized spacial score (nSPS) is 14.0. The Hall–Kier alpha value is -3.22. The van der Waals surface area contributed by atoms with Gasteiger partial charge in [0.2, 0.25) is 5.91 Å². The van der Waals surface area contributed by atoms with Crippen LogP contribution in [0, 0.1) is 0 Å². The summed E-state index contributed by atoms with van der Waals surface area (Å²) in [6, 6.07) is 17.9. The first-order valence-corrected chi connectivity index (χ1v) is 8.69. The summed E-state index contributed by atoms with van der Waals surface area (Å²) < 4.78 is 1.76. The van der Waals surface area contributed by atoms with Gasteiger partial charge in [0, 0.05) is 20.0 Å². The van der Waals surface area contributed by atoms with Gasteiger partial charge < -0.3 is 9.80 Å². The van der Waals surface area contributed by atoms with Gasteiger partial charge >= 0.3 is 0 Å². The number of rotatable bonds is 3. The second kappa shape index (κ2) is 6.95. The van der Waals surface area contributed by atoms with Crippen LogP contribution in [0.5, 0.6) is 0 Å². The molecule has 1 aromatic heterocycles. The molecule has 0 N–H and O–H groups in total. The fourth-order valence-corrected chi connectivity index (χ4v) is 3.36. The third-order valence-electron chi connectivity index (χ3n) is 4.57. The van der Waals surface area contributed by atoms with Crippen LogP contribution in [0.15, 0.2) is 54.6 Å². The number of nitrogens with zero attached hydrogens (tertiary/aromatic N) is 6. The zero-order valence-corrected chi connectivity index (χ0v) is 14.6. The Morgan fingerprint density at radius 1 is 1.00 bits per heavy atom. The third-order valence-corrected chi connectivity index (χ3v) is 4.57. The number of hydrogen-bond donors (Lipinski definition) is 0. The Kier molecular flexibility index (Phi) is 4.35. The second-order valence-corrected chi connectivity index (χ2v) is 6.28. The van der Waals surface area contributed by atoms with Crippen LogP contribution in [0.3, 0.4) is 0 Å². The Morgan fingerprint density at radius 3 is 2.50 bits per heavy atom. The highest BCUT2D eigenvalue weighted by molar-refractivity contribution is 5.95. The molecule has 4 rings (SSSR count). The van der Waals surface area contributed by atoms with Crippen molar-refractivity contribution in [2.75, 3.05) is 22.9 Å². The molecule has 1 aliphatic rings. The lowest BCUT2D eigenvalue weighted by atomic mass is 10.2. The van der Waals surface area contributed by atoms with Gasteiger partial charge in [-0.2, -0.15) is 4.68 Å². The van der Waals surface area contributed by atoms with Crippen molar-refractivity contribution < 1.29 is 4.79 Å². The maximum Gasteiger partial charge on any atom is 0.223 e. The molecule has 0 atom stereocenters. The molecule has 7 heteroatoms. The van der Waals surface area contributed by atoms with Crippen LogP contribution >= 0.6 is 0 Å². The molecular formula is C19H20N6O. The maximum absolute atomic E-state index is 12.0. The van der Waals surface area contributed by atoms with E-state index in [0.717, 1.165) is 35.9 Å². The molecule has 2 aromatic carbocycles. The number of hydrogen-bond acceptors (Lipinski definition) is 5. The van der Waals surface area contributed by atoms with Crippen molar-refractivity contribution in [3.05, 3.63) is 60.4 Å². The van der Waals surface area contributed by atoms with E-state index in [1.54, 1.807) is 11.6 Å². The predicted molar refractivity (Wildman–Crippen MR) is 99.3 cm³/mol. The summed E-state index contributed by atoms with van der Waals surface area (Å²) in [6.45, 7) is 3.74. The SMILES string of the molecule is CC(=O)N1CCCN(Cc2nnnn2-c2ccccc2)c2ccccc21. The van der Waals surface area contributed by atoms with Crippen LogP contribution in [-0.4, -0.2) is 39.2 Å². The number of carbonyl (C=O) groups is 1. The number of aromatic nitrogens is 4. The van der Waals surface area contributed by atoms with E-state index in [2.05, 4.69) is 20.4 Å². The highest BCUT2D eigenvalue weighted by Crippen LogP contribution is 2.33. The Balaban J connectivity index is 1.68. The molecule has 0 saturated carbocycles. The molecule has 1 amide bonds. The molecule has 7 nitrogen and oxygen atoms in total. The van der Waals surface area contributed by atoms with Crippen molar-refractivity contribution in [2.45, 2.75) is 19.9 Å². The Morgan fingerprint density at radius 2 is 1.73 bits per heavy atom. The molecule has 2 heterocycles. The van der Waals surface area contributed by atoms with Gasteiger partial charge in [-0.1, -0.05) is 30.3 Å². The zero-order chi connectivity index (χ0) is 17.9. The standard InChI is InChI=1S/C19H20N6O/c1-15(26)24-13-7-12-23(17-10-5-6-11-18(17)24)14-19-20-21-22-25(19)16-8-3-2-4-9-16/h2-6,8-11H,7,12-14H2,1H3. The van der Waals surface area contributed by atoms with Crippen molar-refractivity contribution in [1.82, 2.24) is 20.2 Å². The molecule has 26 heavy (non-hydrogen) atoms. The number of carbonyl (C=O) groups excluding carboxylic acids is 1. The smallest absolute Gasteiger partial charge is 0.223 e. The highest BCUT2D eigenvalue weighted by Gasteiger charge is 2.24. The van der Waals surface area contributed by atoms with Crippen LogP contribution in [0.25, 0.3) is 5.69 Å². The number of para-hydroxylation sites is 3. The minimum atomic E-state index is 0.0634. The maximum atomic E-state index is 12.0. The molecule has 0 aliphatic carbocycles. The summed E-state index contributed by atoms with van der Waals surface area (Å²) in [5.74, 6) is 0.829. The number of tetrazole rings is 1. The van der Waals surface area contributed by atoms with Crippen molar-refractivity contribution >= 4 is 17.3 Å². The van der Waals surface area contributed by atoms with E-state index in [-0.39, 0.29) is 5.91 Å². The number of amides is 1. The third kappa shape index (κ3) is 3.03. The molecule has 0 bridgehead atoms. The molecular weight excluding hydrogens is 328 g/mol. The lowest BCUT2D eigenvalue weighted by Crippen LogP contribution is -2.28. The van der Waals surface area contributed by atoms with Crippen molar-refractivity contribution in [3.63, 3.8) is 0 Å². The van der Waals surface area contributed by atoms with Crippen LogP contribution in [0.2, 0.25) is 0 Å². The number of anilines is 2. The summed E-state index contributed by atoms with van der Waals surface area (Å²) in [5.41, 5.74) is 2.90. The lowest BCUT2D eigenvalue weighted by molar-refractivity contribution is -0.116. The predicted octanol–water partition coefficient (Wildman–Crippen LogP) is 2.43. The van der Waals surface area contributed by atoms with E-state index in [1.807, 2.05) is 59.5 Å². The van der Waals surface area contributed by atoms with Crippen molar-refractivity contribution in [3.8, 4) is 5.69 Å². The van der Waals surface area contributed by atoms with E-state index in [0.29, 0.717) is 13.1 Å². The van der Waals surface area contributed by atoms with E-state index in [1.165, 1.54) is 0 Å². The monoisotopic (exact) mass is 348 g/mol. The molecule has 132 valence electrons. The van der Waals surface area contributed by atoms with E-state index < -0.39 is 0 Å². The molecule has 0 radical (unpaired) electrons. The largest absolute Gasteiger partial charge is 0.362 e. The van der Waals surface area contributed by atoms with E-state index >= 15 is 0 Å². The molecule has 1 aliphatic heterocycles. The summed E-state index contributed by atoms with van der Waals surface area (Å²) in [7, 11) is 0. The topological polar surface area (TPSA) is 67.2 Å². The van der Waals surface area contributed by atoms with Crippen LogP contribution < -0.4 is 9.80 Å². The first kappa shape index (κ1) is 16.3. The summed E-state index contributed by atoms with van der Waals surface area (Å²) in [6.07, 6.45) is 0.890. The van der Waals surface area contributed by atoms with Gasteiger partial charge in [0.05, 0.1) is 23.6 Å². The average molecular weight is 348 g/mol. The highest BCUT2D eigenvalue weighted by atomic mass is 16.2. The minimum Gasteiger partial charge on any atom is -0.362 e. The number of fused-ring (bicyclic) bond motifs is 1. The molecule has 3 aromatic rings. The van der Waals surface area contributed by atoms with Crippen LogP contribution in [0.4, 0.5) is 11.4 Å². The fraction of sp³-hybridized carbons (Fsp3) is 0.263. The minimum absolute atomic E-state index is 0.0634. The van der Waals surface area contributed by atoms with Crippen LogP contribution in [0.1, 0.15) is 19.2 Å². The Labute approximate surface area is 151 Å². The molecule has 0 spiro atoms. The van der Waals surface area contributed by atoms with Gasteiger partial charge in [-0.25, -0.2) is 0 Å². The summed E-state index contributed by atoms with van der Waals surface area (Å²) in [4.78, 5) is 16.1. The van der Waals surface area contributed by atoms with E-state index in [4.69, 9.17) is 0 Å². The summed E-state index contributed by atoms with van der Waals surface area (Å²) >= 11 is 0. The van der Waals surface area contributed by atoms with Gasteiger partial charge in [0.25, 0.3) is 0 Å². The average Bonchev–Trinajstić information content (AvgIpc) is 3.04. The van der Waals surface area contributed by atoms with Gasteiger partial charge in [-0.15, -0.1) is 5.10 Å². The van der Waals surface area contributed by atoms with Gasteiger partial charge in [0.15, 0.2) is 5.82 Å². The van der Waals surface area contributed by atoms with Crippen LogP contribution in [-0.2, 0) is 11.3 Å². The molecule has 0 saturated heterocycles. The lowest BCUT2D eigenvalue weighted by Gasteiger charge is -2.25.